The summed E-state index contributed by atoms with van der Waals surface area (Å²) in [6, 6.07) is 20.3. The Hall–Kier alpha value is -4.07. The topological polar surface area (TPSA) is 86.2 Å². The summed E-state index contributed by atoms with van der Waals surface area (Å²) >= 11 is 12.0. The number of benzene rings is 4. The molecule has 4 aromatic rings. The molecule has 1 N–H and O–H groups in total. The Morgan fingerprint density at radius 2 is 1.61 bits per heavy atom. The van der Waals surface area contributed by atoms with Crippen LogP contribution in [0.5, 0.6) is 17.2 Å². The van der Waals surface area contributed by atoms with Crippen LogP contribution >= 0.6 is 23.2 Å². The largest absolute Gasteiger partial charge is 0.493 e. The Kier molecular flexibility index (Phi) is 7.73. The third-order valence-corrected chi connectivity index (χ3v) is 5.84. The van der Waals surface area contributed by atoms with E-state index in [4.69, 9.17) is 37.4 Å². The number of halogens is 2. The van der Waals surface area contributed by atoms with Gasteiger partial charge in [0.15, 0.2) is 11.5 Å². The molecule has 0 aliphatic carbocycles. The Balaban J connectivity index is 1.63. The van der Waals surface area contributed by atoms with Gasteiger partial charge in [-0.05, 0) is 53.2 Å². The molecule has 0 unspecified atom stereocenters. The number of hydrazone groups is 1. The number of carbonyl (C=O) groups excluding carboxylic acids is 2. The summed E-state index contributed by atoms with van der Waals surface area (Å²) in [5, 5.41) is 6.37. The van der Waals surface area contributed by atoms with Crippen molar-refractivity contribution in [3.63, 3.8) is 0 Å². The van der Waals surface area contributed by atoms with E-state index in [0.29, 0.717) is 22.1 Å². The zero-order valence-corrected chi connectivity index (χ0v) is 20.8. The third-order valence-electron chi connectivity index (χ3n) is 5.29. The summed E-state index contributed by atoms with van der Waals surface area (Å²) in [6.07, 6.45) is 1.42. The quantitative estimate of drug-likeness (QED) is 0.136. The molecular weight excluding hydrogens is 503 g/mol. The van der Waals surface area contributed by atoms with E-state index in [-0.39, 0.29) is 21.9 Å². The average molecular weight is 523 g/mol. The molecule has 0 saturated carbocycles. The first-order valence-electron chi connectivity index (χ1n) is 10.7. The van der Waals surface area contributed by atoms with Crippen molar-refractivity contribution in [2.75, 3.05) is 14.2 Å². The summed E-state index contributed by atoms with van der Waals surface area (Å²) < 4.78 is 16.2. The van der Waals surface area contributed by atoms with Gasteiger partial charge in [0.25, 0.3) is 5.91 Å². The number of hydrogen-bond acceptors (Lipinski definition) is 6. The maximum Gasteiger partial charge on any atom is 0.343 e. The normalized spacial score (nSPS) is 10.9. The standard InChI is InChI=1S/C27H20Cl2N2O5/c1-34-24-12-8-17(13-25(24)35-2)27(33)36-23-11-7-16-5-3-4-6-19(16)21(23)15-30-31-26(32)20-10-9-18(28)14-22(20)29/h3-15H,1-2H3,(H,31,32)/b30-15+. The van der Waals surface area contributed by atoms with Crippen LogP contribution in [0.4, 0.5) is 0 Å². The van der Waals surface area contributed by atoms with Crippen LogP contribution in [0.2, 0.25) is 10.0 Å². The van der Waals surface area contributed by atoms with Crippen molar-refractivity contribution < 1.29 is 23.8 Å². The molecule has 1 amide bonds. The number of ether oxygens (including phenoxy) is 3. The van der Waals surface area contributed by atoms with E-state index in [9.17, 15) is 9.59 Å². The number of methoxy groups -OCH3 is 2. The van der Waals surface area contributed by atoms with E-state index in [0.717, 1.165) is 10.8 Å². The van der Waals surface area contributed by atoms with Crippen molar-refractivity contribution in [2.24, 2.45) is 5.10 Å². The molecule has 0 aromatic heterocycles. The van der Waals surface area contributed by atoms with Gasteiger partial charge in [-0.2, -0.15) is 5.10 Å². The highest BCUT2D eigenvalue weighted by Gasteiger charge is 2.16. The molecule has 4 aromatic carbocycles. The van der Waals surface area contributed by atoms with Gasteiger partial charge in [0.2, 0.25) is 0 Å². The van der Waals surface area contributed by atoms with Crippen molar-refractivity contribution in [1.82, 2.24) is 5.43 Å². The van der Waals surface area contributed by atoms with Crippen LogP contribution in [0, 0.1) is 0 Å². The third kappa shape index (κ3) is 5.43. The lowest BCUT2D eigenvalue weighted by Gasteiger charge is -2.12. The second-order valence-corrected chi connectivity index (χ2v) is 8.32. The average Bonchev–Trinajstić information content (AvgIpc) is 2.89. The number of fused-ring (bicyclic) bond motifs is 1. The molecule has 4 rings (SSSR count). The molecule has 9 heteroatoms. The Bertz CT molecular complexity index is 1490. The first-order chi connectivity index (χ1) is 17.4. The molecule has 0 fully saturated rings. The lowest BCUT2D eigenvalue weighted by atomic mass is 10.0. The van der Waals surface area contributed by atoms with Gasteiger partial charge in [-0.1, -0.05) is 53.5 Å². The number of rotatable bonds is 7. The fourth-order valence-corrected chi connectivity index (χ4v) is 4.00. The van der Waals surface area contributed by atoms with Crippen LogP contribution in [0.1, 0.15) is 26.3 Å². The SMILES string of the molecule is COc1ccc(C(=O)Oc2ccc3ccccc3c2/C=N/NC(=O)c2ccc(Cl)cc2Cl)cc1OC. The number of esters is 1. The lowest BCUT2D eigenvalue weighted by molar-refractivity contribution is 0.0734. The zero-order valence-electron chi connectivity index (χ0n) is 19.2. The van der Waals surface area contributed by atoms with Crippen molar-refractivity contribution in [2.45, 2.75) is 0 Å². The monoisotopic (exact) mass is 522 g/mol. The number of hydrogen-bond donors (Lipinski definition) is 1. The highest BCUT2D eigenvalue weighted by molar-refractivity contribution is 6.36. The second-order valence-electron chi connectivity index (χ2n) is 7.48. The van der Waals surface area contributed by atoms with Crippen molar-refractivity contribution in [1.29, 1.82) is 0 Å². The summed E-state index contributed by atoms with van der Waals surface area (Å²) in [5.74, 6) is 0.0332. The van der Waals surface area contributed by atoms with Crippen LogP contribution in [0.3, 0.4) is 0 Å². The maximum absolute atomic E-state index is 12.9. The molecule has 0 aliphatic rings. The van der Waals surface area contributed by atoms with Gasteiger partial charge in [-0.3, -0.25) is 4.79 Å². The van der Waals surface area contributed by atoms with Gasteiger partial charge >= 0.3 is 5.97 Å². The molecule has 36 heavy (non-hydrogen) atoms. The minimum atomic E-state index is -0.599. The molecule has 0 radical (unpaired) electrons. The molecular formula is C27H20Cl2N2O5. The van der Waals surface area contributed by atoms with Gasteiger partial charge in [-0.15, -0.1) is 0 Å². The van der Waals surface area contributed by atoms with Gasteiger partial charge in [-0.25, -0.2) is 10.2 Å². The van der Waals surface area contributed by atoms with Crippen LogP contribution in [0.15, 0.2) is 77.9 Å². The van der Waals surface area contributed by atoms with Crippen molar-refractivity contribution in [3.05, 3.63) is 99.5 Å². The van der Waals surface area contributed by atoms with E-state index in [2.05, 4.69) is 10.5 Å². The predicted octanol–water partition coefficient (Wildman–Crippen LogP) is 6.15. The van der Waals surface area contributed by atoms with Crippen LogP contribution in [0.25, 0.3) is 10.8 Å². The fourth-order valence-electron chi connectivity index (χ4n) is 3.51. The number of nitrogens with one attached hydrogen (secondary N) is 1. The summed E-state index contributed by atoms with van der Waals surface area (Å²) in [4.78, 5) is 25.5. The van der Waals surface area contributed by atoms with E-state index < -0.39 is 11.9 Å². The van der Waals surface area contributed by atoms with Gasteiger partial charge in [0.1, 0.15) is 5.75 Å². The van der Waals surface area contributed by atoms with Gasteiger partial charge < -0.3 is 14.2 Å². The van der Waals surface area contributed by atoms with E-state index in [1.807, 2.05) is 30.3 Å². The summed E-state index contributed by atoms with van der Waals surface area (Å²) in [5.41, 5.74) is 3.44. The van der Waals surface area contributed by atoms with Gasteiger partial charge in [0.05, 0.1) is 36.6 Å². The van der Waals surface area contributed by atoms with Crippen molar-refractivity contribution >= 4 is 52.1 Å². The van der Waals surface area contributed by atoms with Crippen LogP contribution in [-0.4, -0.2) is 32.3 Å². The summed E-state index contributed by atoms with van der Waals surface area (Å²) in [7, 11) is 2.99. The van der Waals surface area contributed by atoms with Crippen LogP contribution < -0.4 is 19.6 Å². The number of nitrogens with zero attached hydrogens (tertiary/aromatic N) is 1. The van der Waals surface area contributed by atoms with E-state index in [1.54, 1.807) is 24.3 Å². The van der Waals surface area contributed by atoms with E-state index >= 15 is 0 Å². The molecule has 0 heterocycles. The minimum Gasteiger partial charge on any atom is -0.493 e. The molecule has 7 nitrogen and oxygen atoms in total. The van der Waals surface area contributed by atoms with Gasteiger partial charge in [0, 0.05) is 10.6 Å². The number of carbonyl (C=O) groups is 2. The second kappa shape index (κ2) is 11.1. The highest BCUT2D eigenvalue weighted by Crippen LogP contribution is 2.30. The Morgan fingerprint density at radius 3 is 2.36 bits per heavy atom. The first-order valence-corrected chi connectivity index (χ1v) is 11.4. The fraction of sp³-hybridized carbons (Fsp3) is 0.0741. The zero-order chi connectivity index (χ0) is 25.7. The summed E-state index contributed by atoms with van der Waals surface area (Å²) in [6.45, 7) is 0. The molecule has 0 atom stereocenters. The molecule has 0 saturated heterocycles. The maximum atomic E-state index is 12.9. The first kappa shape index (κ1) is 25.0. The lowest BCUT2D eigenvalue weighted by Crippen LogP contribution is -2.18. The molecule has 182 valence electrons. The van der Waals surface area contributed by atoms with Crippen molar-refractivity contribution in [3.8, 4) is 17.2 Å². The number of amides is 1. The Morgan fingerprint density at radius 1 is 0.861 bits per heavy atom. The van der Waals surface area contributed by atoms with E-state index in [1.165, 1.54) is 38.6 Å². The van der Waals surface area contributed by atoms with Crippen LogP contribution in [-0.2, 0) is 0 Å². The Labute approximate surface area is 217 Å². The molecule has 0 spiro atoms. The molecule has 0 bridgehead atoms. The smallest absolute Gasteiger partial charge is 0.343 e. The predicted molar refractivity (Wildman–Crippen MR) is 140 cm³/mol. The minimum absolute atomic E-state index is 0.199. The molecule has 0 aliphatic heterocycles. The highest BCUT2D eigenvalue weighted by atomic mass is 35.5.